The third-order valence-electron chi connectivity index (χ3n) is 6.10. The largest absolute Gasteiger partial charge is 0.205 e. The molecule has 0 N–H and O–H groups in total. The lowest BCUT2D eigenvalue weighted by molar-refractivity contribution is 0.576. The quantitative estimate of drug-likeness (QED) is 0.462. The first-order chi connectivity index (χ1) is 12.7. The lowest BCUT2D eigenvalue weighted by Gasteiger charge is -2.30. The molecule has 5 rings (SSSR count). The fraction of sp³-hybridized carbons (Fsp3) is 0.250. The van der Waals surface area contributed by atoms with Gasteiger partial charge >= 0.3 is 0 Å². The fourth-order valence-electron chi connectivity index (χ4n) is 4.78. The molecular formula is C24H20ClF. The van der Waals surface area contributed by atoms with E-state index in [9.17, 15) is 4.39 Å². The van der Waals surface area contributed by atoms with Crippen LogP contribution in [0.25, 0.3) is 11.1 Å². The Kier molecular flexibility index (Phi) is 3.86. The van der Waals surface area contributed by atoms with Gasteiger partial charge in [0.15, 0.2) is 0 Å². The third kappa shape index (κ3) is 2.57. The van der Waals surface area contributed by atoms with E-state index in [-0.39, 0.29) is 10.8 Å². The minimum absolute atomic E-state index is 0.232. The van der Waals surface area contributed by atoms with Crippen molar-refractivity contribution in [2.24, 2.45) is 0 Å². The van der Waals surface area contributed by atoms with E-state index in [1.54, 1.807) is 17.2 Å². The van der Waals surface area contributed by atoms with Crippen LogP contribution in [0.3, 0.4) is 0 Å². The van der Waals surface area contributed by atoms with Crippen molar-refractivity contribution in [2.75, 3.05) is 0 Å². The monoisotopic (exact) mass is 362 g/mol. The van der Waals surface area contributed by atoms with Gasteiger partial charge in [0.05, 0.1) is 5.02 Å². The summed E-state index contributed by atoms with van der Waals surface area (Å²) in [5.74, 6) is 0.0916. The van der Waals surface area contributed by atoms with Gasteiger partial charge < -0.3 is 0 Å². The molecule has 0 amide bonds. The molecule has 0 heterocycles. The first-order valence-electron chi connectivity index (χ1n) is 9.37. The van der Waals surface area contributed by atoms with Crippen molar-refractivity contribution in [3.05, 3.63) is 93.3 Å². The van der Waals surface area contributed by atoms with Gasteiger partial charge in [-0.1, -0.05) is 54.1 Å². The Labute approximate surface area is 158 Å². The van der Waals surface area contributed by atoms with Gasteiger partial charge in [0, 0.05) is 0 Å². The Balaban J connectivity index is 1.52. The maximum Gasteiger partial charge on any atom is 0.141 e. The highest BCUT2D eigenvalue weighted by Crippen LogP contribution is 2.41. The minimum atomic E-state index is -0.334. The summed E-state index contributed by atoms with van der Waals surface area (Å²) < 4.78 is 13.5. The molecule has 2 aliphatic carbocycles. The first kappa shape index (κ1) is 16.1. The van der Waals surface area contributed by atoms with Crippen LogP contribution in [-0.4, -0.2) is 0 Å². The van der Waals surface area contributed by atoms with Gasteiger partial charge in [0.1, 0.15) is 5.82 Å². The lowest BCUT2D eigenvalue weighted by Crippen LogP contribution is -2.17. The highest BCUT2D eigenvalue weighted by molar-refractivity contribution is 6.30. The molecule has 0 aliphatic heterocycles. The Morgan fingerprint density at radius 3 is 2.58 bits per heavy atom. The molecule has 26 heavy (non-hydrogen) atoms. The minimum Gasteiger partial charge on any atom is -0.205 e. The average molecular weight is 363 g/mol. The van der Waals surface area contributed by atoms with E-state index in [2.05, 4.69) is 36.4 Å². The lowest BCUT2D eigenvalue weighted by atomic mass is 9.74. The van der Waals surface area contributed by atoms with Crippen LogP contribution in [-0.2, 0) is 25.7 Å². The highest BCUT2D eigenvalue weighted by Gasteiger charge is 2.26. The van der Waals surface area contributed by atoms with Gasteiger partial charge in [-0.15, -0.1) is 0 Å². The van der Waals surface area contributed by atoms with Crippen molar-refractivity contribution in [3.8, 4) is 11.1 Å². The van der Waals surface area contributed by atoms with E-state index in [0.29, 0.717) is 5.92 Å². The van der Waals surface area contributed by atoms with Crippen molar-refractivity contribution in [1.29, 1.82) is 0 Å². The van der Waals surface area contributed by atoms with E-state index in [0.717, 1.165) is 37.7 Å². The van der Waals surface area contributed by atoms with E-state index in [4.69, 9.17) is 11.6 Å². The smallest absolute Gasteiger partial charge is 0.141 e. The van der Waals surface area contributed by atoms with Gasteiger partial charge in [0.2, 0.25) is 0 Å². The molecule has 130 valence electrons. The zero-order chi connectivity index (χ0) is 17.7. The molecule has 2 aliphatic rings. The third-order valence-corrected chi connectivity index (χ3v) is 6.39. The van der Waals surface area contributed by atoms with Crippen LogP contribution >= 0.6 is 11.6 Å². The number of aryl methyl sites for hydroxylation is 1. The Hall–Kier alpha value is -2.12. The van der Waals surface area contributed by atoms with Gasteiger partial charge in [0.25, 0.3) is 0 Å². The summed E-state index contributed by atoms with van der Waals surface area (Å²) >= 11 is 6.00. The molecule has 3 aromatic rings. The summed E-state index contributed by atoms with van der Waals surface area (Å²) in [5.41, 5.74) is 10.0. The van der Waals surface area contributed by atoms with Crippen molar-refractivity contribution in [3.63, 3.8) is 0 Å². The Morgan fingerprint density at radius 2 is 1.69 bits per heavy atom. The predicted molar refractivity (Wildman–Crippen MR) is 105 cm³/mol. The SMILES string of the molecule is Fc1ccc(C2CCc3c(ccc4c3CCc3ccccc3-4)C2)cc1Cl. The predicted octanol–water partition coefficient (Wildman–Crippen LogP) is 6.52. The highest BCUT2D eigenvalue weighted by atomic mass is 35.5. The number of halogens is 2. The Morgan fingerprint density at radius 1 is 0.808 bits per heavy atom. The molecule has 0 bridgehead atoms. The Bertz CT molecular complexity index is 1010. The topological polar surface area (TPSA) is 0 Å². The maximum absolute atomic E-state index is 13.5. The first-order valence-corrected chi connectivity index (χ1v) is 9.75. The summed E-state index contributed by atoms with van der Waals surface area (Å²) in [6.07, 6.45) is 5.50. The second kappa shape index (κ2) is 6.25. The number of benzene rings is 3. The molecule has 1 atom stereocenters. The van der Waals surface area contributed by atoms with Crippen LogP contribution in [0.1, 0.15) is 40.2 Å². The zero-order valence-corrected chi connectivity index (χ0v) is 15.3. The average Bonchev–Trinajstić information content (AvgIpc) is 2.69. The molecule has 0 aromatic heterocycles. The molecule has 0 saturated carbocycles. The molecule has 3 aromatic carbocycles. The number of rotatable bonds is 1. The standard InChI is InChI=1S/C24H20ClF/c25-23-14-17(8-12-24(23)26)16-6-9-20-18(13-16)7-11-21-19-4-2-1-3-15(19)5-10-22(20)21/h1-4,7-8,11-12,14,16H,5-6,9-10,13H2. The van der Waals surface area contributed by atoms with Crippen LogP contribution in [0.2, 0.25) is 5.02 Å². The summed E-state index contributed by atoms with van der Waals surface area (Å²) in [4.78, 5) is 0. The van der Waals surface area contributed by atoms with E-state index < -0.39 is 0 Å². The molecule has 0 radical (unpaired) electrons. The van der Waals surface area contributed by atoms with Crippen LogP contribution in [0.15, 0.2) is 54.6 Å². The second-order valence-corrected chi connectivity index (χ2v) is 7.91. The van der Waals surface area contributed by atoms with Crippen LogP contribution in [0.4, 0.5) is 4.39 Å². The maximum atomic E-state index is 13.5. The molecule has 0 saturated heterocycles. The van der Waals surface area contributed by atoms with Gasteiger partial charge in [-0.3, -0.25) is 0 Å². The molecular weight excluding hydrogens is 343 g/mol. The summed E-state index contributed by atoms with van der Waals surface area (Å²) in [6, 6.07) is 18.6. The fourth-order valence-corrected chi connectivity index (χ4v) is 4.97. The number of hydrogen-bond donors (Lipinski definition) is 0. The van der Waals surface area contributed by atoms with Gasteiger partial charge in [-0.2, -0.15) is 0 Å². The van der Waals surface area contributed by atoms with Crippen LogP contribution < -0.4 is 0 Å². The van der Waals surface area contributed by atoms with E-state index >= 15 is 0 Å². The second-order valence-electron chi connectivity index (χ2n) is 7.50. The molecule has 0 fully saturated rings. The normalized spacial score (nSPS) is 18.0. The van der Waals surface area contributed by atoms with Crippen molar-refractivity contribution in [1.82, 2.24) is 0 Å². The molecule has 0 spiro atoms. The van der Waals surface area contributed by atoms with Crippen LogP contribution in [0.5, 0.6) is 0 Å². The summed E-state index contributed by atoms with van der Waals surface area (Å²) in [6.45, 7) is 0. The van der Waals surface area contributed by atoms with E-state index in [1.807, 2.05) is 6.07 Å². The van der Waals surface area contributed by atoms with Crippen molar-refractivity contribution in [2.45, 2.75) is 38.0 Å². The molecule has 1 unspecified atom stereocenters. The summed E-state index contributed by atoms with van der Waals surface area (Å²) in [7, 11) is 0. The zero-order valence-electron chi connectivity index (χ0n) is 14.6. The van der Waals surface area contributed by atoms with Crippen molar-refractivity contribution < 1.29 is 4.39 Å². The molecule has 2 heteroatoms. The van der Waals surface area contributed by atoms with Gasteiger partial charge in [-0.25, -0.2) is 4.39 Å². The van der Waals surface area contributed by atoms with Crippen LogP contribution in [0, 0.1) is 5.82 Å². The van der Waals surface area contributed by atoms with E-state index in [1.165, 1.54) is 28.3 Å². The number of fused-ring (bicyclic) bond motifs is 5. The van der Waals surface area contributed by atoms with Gasteiger partial charge in [-0.05, 0) is 89.1 Å². The molecule has 0 nitrogen and oxygen atoms in total. The summed E-state index contributed by atoms with van der Waals surface area (Å²) in [5, 5.41) is 0.232. The number of hydrogen-bond acceptors (Lipinski definition) is 0. The van der Waals surface area contributed by atoms with Crippen molar-refractivity contribution >= 4 is 11.6 Å².